The summed E-state index contributed by atoms with van der Waals surface area (Å²) in [5.41, 5.74) is 4.94. The van der Waals surface area contributed by atoms with Crippen LogP contribution < -0.4 is 9.64 Å². The molecule has 6 rings (SSSR count). The number of fused-ring (bicyclic) bond motifs is 4. The molecule has 2 heterocycles. The highest BCUT2D eigenvalue weighted by atomic mass is 16.5. The van der Waals surface area contributed by atoms with Gasteiger partial charge in [-0.25, -0.2) is 4.98 Å². The van der Waals surface area contributed by atoms with Gasteiger partial charge in [0.2, 0.25) is 5.89 Å². The van der Waals surface area contributed by atoms with E-state index >= 15 is 0 Å². The number of nitrogens with zero attached hydrogens (tertiary/aromatic N) is 2. The van der Waals surface area contributed by atoms with Crippen LogP contribution in [0.4, 0.5) is 5.69 Å². The summed E-state index contributed by atoms with van der Waals surface area (Å²) in [5.74, 6) is 1.60. The minimum Gasteiger partial charge on any atom is -0.473 e. The first-order valence-corrected chi connectivity index (χ1v) is 9.69. The van der Waals surface area contributed by atoms with Gasteiger partial charge < -0.3 is 14.1 Å². The molecule has 0 saturated carbocycles. The molecule has 1 aliphatic rings. The largest absolute Gasteiger partial charge is 0.473 e. The molecule has 0 fully saturated rings. The molecule has 140 valence electrons. The number of aromatic nitrogens is 1. The Morgan fingerprint density at radius 1 is 0.828 bits per heavy atom. The topological polar surface area (TPSA) is 38.5 Å². The van der Waals surface area contributed by atoms with Crippen LogP contribution >= 0.6 is 0 Å². The van der Waals surface area contributed by atoms with Gasteiger partial charge in [0.05, 0.1) is 6.54 Å². The van der Waals surface area contributed by atoms with Crippen molar-refractivity contribution in [2.75, 3.05) is 11.6 Å². The molecule has 0 bridgehead atoms. The molecule has 1 aromatic heterocycles. The lowest BCUT2D eigenvalue weighted by molar-refractivity contribution is 0.290. The number of rotatable bonds is 2. The van der Waals surface area contributed by atoms with E-state index in [9.17, 15) is 0 Å². The standard InChI is InChI=1S/C25H18N2O2/c1-2-9-20-17(6-1)12-13-23-21(20)15-27(16-28-23)19-8-5-7-18(14-19)25-26-22-10-3-4-11-24(22)29-25/h1-14H,15-16H2. The van der Waals surface area contributed by atoms with Gasteiger partial charge in [0.15, 0.2) is 12.3 Å². The van der Waals surface area contributed by atoms with Crippen LogP contribution in [-0.2, 0) is 6.54 Å². The number of ether oxygens (including phenoxy) is 1. The van der Waals surface area contributed by atoms with Crippen LogP contribution in [0.15, 0.2) is 89.3 Å². The molecule has 0 N–H and O–H groups in total. The van der Waals surface area contributed by atoms with E-state index in [1.807, 2.05) is 36.4 Å². The third-order valence-electron chi connectivity index (χ3n) is 5.47. The molecule has 4 heteroatoms. The Balaban J connectivity index is 1.38. The number of benzene rings is 4. The Morgan fingerprint density at radius 2 is 1.72 bits per heavy atom. The molecule has 4 aromatic carbocycles. The summed E-state index contributed by atoms with van der Waals surface area (Å²) in [4.78, 5) is 6.87. The zero-order chi connectivity index (χ0) is 19.2. The molecule has 1 aliphatic heterocycles. The van der Waals surface area contributed by atoms with Crippen molar-refractivity contribution in [3.63, 3.8) is 0 Å². The highest BCUT2D eigenvalue weighted by Gasteiger charge is 2.20. The van der Waals surface area contributed by atoms with Crippen LogP contribution in [0.3, 0.4) is 0 Å². The molecule has 0 aliphatic carbocycles. The van der Waals surface area contributed by atoms with Gasteiger partial charge in [0.1, 0.15) is 11.3 Å². The van der Waals surface area contributed by atoms with Crippen molar-refractivity contribution >= 4 is 27.6 Å². The van der Waals surface area contributed by atoms with Crippen molar-refractivity contribution in [3.8, 4) is 17.2 Å². The van der Waals surface area contributed by atoms with E-state index < -0.39 is 0 Å². The third-order valence-corrected chi connectivity index (χ3v) is 5.47. The normalized spacial score (nSPS) is 13.4. The number of para-hydroxylation sites is 2. The Morgan fingerprint density at radius 3 is 2.69 bits per heavy atom. The van der Waals surface area contributed by atoms with Crippen LogP contribution in [0.25, 0.3) is 33.3 Å². The summed E-state index contributed by atoms with van der Waals surface area (Å²) >= 11 is 0. The number of hydrogen-bond acceptors (Lipinski definition) is 4. The maximum Gasteiger partial charge on any atom is 0.227 e. The first-order chi connectivity index (χ1) is 14.3. The summed E-state index contributed by atoms with van der Waals surface area (Å²) in [6.45, 7) is 1.32. The Bertz CT molecular complexity index is 1320. The van der Waals surface area contributed by atoms with Crippen molar-refractivity contribution < 1.29 is 9.15 Å². The average molecular weight is 378 g/mol. The van der Waals surface area contributed by atoms with E-state index in [0.29, 0.717) is 12.6 Å². The zero-order valence-corrected chi connectivity index (χ0v) is 15.7. The van der Waals surface area contributed by atoms with Gasteiger partial charge in [-0.2, -0.15) is 0 Å². The van der Waals surface area contributed by atoms with Crippen molar-refractivity contribution in [2.45, 2.75) is 6.54 Å². The van der Waals surface area contributed by atoms with E-state index in [4.69, 9.17) is 9.15 Å². The van der Waals surface area contributed by atoms with Crippen molar-refractivity contribution in [1.29, 1.82) is 0 Å². The van der Waals surface area contributed by atoms with E-state index in [2.05, 4.69) is 58.4 Å². The minimum atomic E-state index is 0.516. The average Bonchev–Trinajstić information content (AvgIpc) is 3.23. The van der Waals surface area contributed by atoms with Crippen molar-refractivity contribution in [3.05, 3.63) is 90.5 Å². The lowest BCUT2D eigenvalue weighted by atomic mass is 10.0. The van der Waals surface area contributed by atoms with E-state index in [1.165, 1.54) is 16.3 Å². The lowest BCUT2D eigenvalue weighted by Gasteiger charge is -2.31. The maximum absolute atomic E-state index is 6.08. The molecule has 4 nitrogen and oxygen atoms in total. The fourth-order valence-electron chi connectivity index (χ4n) is 4.00. The summed E-state index contributed by atoms with van der Waals surface area (Å²) in [6, 6.07) is 28.8. The number of hydrogen-bond donors (Lipinski definition) is 0. The van der Waals surface area contributed by atoms with E-state index in [1.54, 1.807) is 0 Å². The fourth-order valence-corrected chi connectivity index (χ4v) is 4.00. The highest BCUT2D eigenvalue weighted by Crippen LogP contribution is 2.35. The van der Waals surface area contributed by atoms with Crippen molar-refractivity contribution in [2.24, 2.45) is 0 Å². The first-order valence-electron chi connectivity index (χ1n) is 9.69. The van der Waals surface area contributed by atoms with Gasteiger partial charge in [0, 0.05) is 16.8 Å². The predicted molar refractivity (Wildman–Crippen MR) is 115 cm³/mol. The van der Waals surface area contributed by atoms with E-state index in [0.717, 1.165) is 34.6 Å². The van der Waals surface area contributed by atoms with Gasteiger partial charge in [0.25, 0.3) is 0 Å². The molecular formula is C25H18N2O2. The van der Waals surface area contributed by atoms with Crippen LogP contribution in [-0.4, -0.2) is 11.7 Å². The Kier molecular flexibility index (Phi) is 3.56. The smallest absolute Gasteiger partial charge is 0.227 e. The van der Waals surface area contributed by atoms with Crippen LogP contribution in [0, 0.1) is 0 Å². The molecule has 0 unspecified atom stereocenters. The van der Waals surface area contributed by atoms with Crippen LogP contribution in [0.1, 0.15) is 5.56 Å². The highest BCUT2D eigenvalue weighted by molar-refractivity contribution is 5.88. The summed E-state index contributed by atoms with van der Waals surface area (Å²) in [7, 11) is 0. The zero-order valence-electron chi connectivity index (χ0n) is 15.7. The second-order valence-electron chi connectivity index (χ2n) is 7.27. The molecule has 0 radical (unpaired) electrons. The SMILES string of the molecule is c1cc(-c2nc3ccccc3o2)cc(N2COc3ccc4ccccc4c3C2)c1. The van der Waals surface area contributed by atoms with Gasteiger partial charge >= 0.3 is 0 Å². The van der Waals surface area contributed by atoms with Gasteiger partial charge in [-0.05, 0) is 47.2 Å². The number of anilines is 1. The van der Waals surface area contributed by atoms with Gasteiger partial charge in [-0.1, -0.05) is 48.5 Å². The minimum absolute atomic E-state index is 0.516. The molecule has 0 atom stereocenters. The maximum atomic E-state index is 6.08. The lowest BCUT2D eigenvalue weighted by Crippen LogP contribution is -2.31. The number of oxazole rings is 1. The van der Waals surface area contributed by atoms with Gasteiger partial charge in [-0.15, -0.1) is 0 Å². The van der Waals surface area contributed by atoms with E-state index in [-0.39, 0.29) is 0 Å². The summed E-state index contributed by atoms with van der Waals surface area (Å²) < 4.78 is 12.0. The van der Waals surface area contributed by atoms with Crippen LogP contribution in [0.2, 0.25) is 0 Å². The van der Waals surface area contributed by atoms with Crippen LogP contribution in [0.5, 0.6) is 5.75 Å². The molecule has 29 heavy (non-hydrogen) atoms. The Hall–Kier alpha value is -3.79. The van der Waals surface area contributed by atoms with Crippen molar-refractivity contribution in [1.82, 2.24) is 4.98 Å². The molecule has 0 saturated heterocycles. The molecule has 0 amide bonds. The molecule has 5 aromatic rings. The predicted octanol–water partition coefficient (Wildman–Crippen LogP) is 6.00. The fraction of sp³-hybridized carbons (Fsp3) is 0.0800. The molecular weight excluding hydrogens is 360 g/mol. The quantitative estimate of drug-likeness (QED) is 0.377. The second kappa shape index (κ2) is 6.38. The molecule has 0 spiro atoms. The second-order valence-corrected chi connectivity index (χ2v) is 7.27. The third kappa shape index (κ3) is 2.72. The first kappa shape index (κ1) is 16.2. The Labute approximate surface area is 168 Å². The summed E-state index contributed by atoms with van der Waals surface area (Å²) in [6.07, 6.45) is 0. The summed E-state index contributed by atoms with van der Waals surface area (Å²) in [5, 5.41) is 2.47. The van der Waals surface area contributed by atoms with Gasteiger partial charge in [-0.3, -0.25) is 0 Å². The monoisotopic (exact) mass is 378 g/mol.